The molecule has 0 aliphatic heterocycles. The van der Waals surface area contributed by atoms with Crippen molar-refractivity contribution in [3.05, 3.63) is 0 Å². The minimum atomic E-state index is -0.745. The number of carboxylic acids is 1. The van der Waals surface area contributed by atoms with E-state index in [0.29, 0.717) is 0 Å². The molecule has 3 heteroatoms. The number of aliphatic carboxylic acids is 1. The summed E-state index contributed by atoms with van der Waals surface area (Å²) in [5.74, 6) is -0.745. The van der Waals surface area contributed by atoms with Gasteiger partial charge in [-0.1, -0.05) is 6.92 Å². The van der Waals surface area contributed by atoms with Gasteiger partial charge < -0.3 is 9.90 Å². The molecule has 0 rings (SSSR count). The van der Waals surface area contributed by atoms with Crippen LogP contribution in [0.15, 0.2) is 0 Å². The molecule has 0 heterocycles. The highest BCUT2D eigenvalue weighted by Gasteiger charge is 1.80. The minimum Gasteiger partial charge on any atom is -0.481 e. The van der Waals surface area contributed by atoms with Gasteiger partial charge in [-0.2, -0.15) is 0 Å². The van der Waals surface area contributed by atoms with Crippen molar-refractivity contribution in [1.82, 2.24) is 0 Å². The first-order valence-corrected chi connectivity index (χ1v) is 1.78. The highest BCUT2D eigenvalue weighted by Crippen LogP contribution is 1.67. The van der Waals surface area contributed by atoms with E-state index in [1.807, 2.05) is 6.79 Å². The van der Waals surface area contributed by atoms with Gasteiger partial charge >= 0.3 is 5.97 Å². The molecule has 1 N–H and O–H groups in total. The Morgan fingerprint density at radius 2 is 1.86 bits per heavy atom. The highest BCUT2D eigenvalue weighted by atomic mass is 16.4. The zero-order chi connectivity index (χ0) is 6.28. The normalized spacial score (nSPS) is 5.86. The third-order valence-corrected chi connectivity index (χ3v) is 0.302. The second-order valence-corrected chi connectivity index (χ2v) is 0.747. The fraction of sp³-hybridized carbons (Fsp3) is 0.500. The lowest BCUT2D eigenvalue weighted by molar-refractivity contribution is -0.136. The van der Waals surface area contributed by atoms with Crippen LogP contribution >= 0.6 is 0 Å². The van der Waals surface area contributed by atoms with E-state index in [9.17, 15) is 4.79 Å². The van der Waals surface area contributed by atoms with Crippen molar-refractivity contribution in [3.63, 3.8) is 0 Å². The van der Waals surface area contributed by atoms with E-state index < -0.39 is 5.97 Å². The molecule has 0 aliphatic carbocycles. The highest BCUT2D eigenvalue weighted by molar-refractivity contribution is 5.66. The number of carbonyl (C=O) groups excluding carboxylic acids is 1. The SMILES string of the molecule is C=O.CCC(=O)O. The first-order valence-electron chi connectivity index (χ1n) is 1.78. The van der Waals surface area contributed by atoms with Crippen molar-refractivity contribution in [2.75, 3.05) is 0 Å². The Hall–Kier alpha value is -0.860. The first kappa shape index (κ1) is 9.46. The molecular formula is C4H8O3. The van der Waals surface area contributed by atoms with E-state index in [0.717, 1.165) is 0 Å². The predicted octanol–water partition coefficient (Wildman–Crippen LogP) is 0.296. The van der Waals surface area contributed by atoms with Crippen molar-refractivity contribution in [3.8, 4) is 0 Å². The summed E-state index contributed by atoms with van der Waals surface area (Å²) in [5, 5.41) is 7.72. The Morgan fingerprint density at radius 3 is 1.86 bits per heavy atom. The topological polar surface area (TPSA) is 54.4 Å². The molecule has 0 atom stereocenters. The van der Waals surface area contributed by atoms with E-state index in [-0.39, 0.29) is 6.42 Å². The number of carboxylic acid groups (broad SMARTS) is 1. The van der Waals surface area contributed by atoms with Crippen LogP contribution in [0.5, 0.6) is 0 Å². The van der Waals surface area contributed by atoms with Crippen LogP contribution in [-0.4, -0.2) is 17.9 Å². The quantitative estimate of drug-likeness (QED) is 0.520. The van der Waals surface area contributed by atoms with Crippen molar-refractivity contribution >= 4 is 12.8 Å². The molecule has 0 unspecified atom stereocenters. The average Bonchev–Trinajstić information content (AvgIpc) is 1.73. The third kappa shape index (κ3) is 39.0. The van der Waals surface area contributed by atoms with Gasteiger partial charge in [0.1, 0.15) is 6.79 Å². The molecule has 0 radical (unpaired) electrons. The van der Waals surface area contributed by atoms with E-state index in [2.05, 4.69) is 0 Å². The number of hydrogen-bond donors (Lipinski definition) is 1. The van der Waals surface area contributed by atoms with Crippen LogP contribution in [0.1, 0.15) is 13.3 Å². The lowest BCUT2D eigenvalue weighted by atomic mass is 10.5. The molecule has 0 aromatic carbocycles. The van der Waals surface area contributed by atoms with Crippen LogP contribution in [0.25, 0.3) is 0 Å². The predicted molar refractivity (Wildman–Crippen MR) is 25.0 cm³/mol. The monoisotopic (exact) mass is 104 g/mol. The Labute approximate surface area is 42.0 Å². The fourth-order valence-corrected chi connectivity index (χ4v) is 0. The van der Waals surface area contributed by atoms with E-state index in [1.165, 1.54) is 0 Å². The van der Waals surface area contributed by atoms with E-state index >= 15 is 0 Å². The largest absolute Gasteiger partial charge is 0.481 e. The van der Waals surface area contributed by atoms with Gasteiger partial charge in [-0.15, -0.1) is 0 Å². The minimum absolute atomic E-state index is 0.222. The van der Waals surface area contributed by atoms with Crippen LogP contribution < -0.4 is 0 Å². The van der Waals surface area contributed by atoms with Gasteiger partial charge in [0.25, 0.3) is 0 Å². The van der Waals surface area contributed by atoms with E-state index in [4.69, 9.17) is 9.90 Å². The fourth-order valence-electron chi connectivity index (χ4n) is 0. The molecule has 0 fully saturated rings. The second kappa shape index (κ2) is 8.94. The zero-order valence-corrected chi connectivity index (χ0v) is 4.18. The number of carbonyl (C=O) groups is 2. The Balaban J connectivity index is 0. The summed E-state index contributed by atoms with van der Waals surface area (Å²) in [6, 6.07) is 0. The summed E-state index contributed by atoms with van der Waals surface area (Å²) < 4.78 is 0. The van der Waals surface area contributed by atoms with Gasteiger partial charge in [0, 0.05) is 6.42 Å². The maximum Gasteiger partial charge on any atom is 0.303 e. The summed E-state index contributed by atoms with van der Waals surface area (Å²) in [7, 11) is 0. The summed E-state index contributed by atoms with van der Waals surface area (Å²) in [6.07, 6.45) is 0.222. The van der Waals surface area contributed by atoms with Gasteiger partial charge in [0.2, 0.25) is 0 Å². The Bertz CT molecular complexity index is 50.9. The van der Waals surface area contributed by atoms with Gasteiger partial charge in [0.05, 0.1) is 0 Å². The summed E-state index contributed by atoms with van der Waals surface area (Å²) in [5.41, 5.74) is 0. The molecule has 0 saturated heterocycles. The van der Waals surface area contributed by atoms with E-state index in [1.54, 1.807) is 6.92 Å². The van der Waals surface area contributed by atoms with Crippen LogP contribution in [0, 0.1) is 0 Å². The van der Waals surface area contributed by atoms with Gasteiger partial charge in [0.15, 0.2) is 0 Å². The smallest absolute Gasteiger partial charge is 0.303 e. The maximum atomic E-state index is 9.37. The van der Waals surface area contributed by atoms with Crippen molar-refractivity contribution in [2.45, 2.75) is 13.3 Å². The summed E-state index contributed by atoms with van der Waals surface area (Å²) in [6.45, 7) is 3.60. The second-order valence-electron chi connectivity index (χ2n) is 0.747. The molecule has 7 heavy (non-hydrogen) atoms. The number of hydrogen-bond acceptors (Lipinski definition) is 2. The molecule has 3 nitrogen and oxygen atoms in total. The Morgan fingerprint density at radius 1 is 1.71 bits per heavy atom. The maximum absolute atomic E-state index is 9.37. The molecule has 0 aromatic rings. The molecule has 0 bridgehead atoms. The molecule has 0 aromatic heterocycles. The van der Waals surface area contributed by atoms with Gasteiger partial charge in [-0.05, 0) is 0 Å². The van der Waals surface area contributed by atoms with Crippen molar-refractivity contribution < 1.29 is 14.7 Å². The Kier molecular flexibility index (Phi) is 12.1. The third-order valence-electron chi connectivity index (χ3n) is 0.302. The van der Waals surface area contributed by atoms with Gasteiger partial charge in [-0.3, -0.25) is 4.79 Å². The standard InChI is InChI=1S/C3H6O2.CH2O/c1-2-3(4)5;1-2/h2H2,1H3,(H,4,5);1H2. The van der Waals surface area contributed by atoms with Crippen LogP contribution in [0.4, 0.5) is 0 Å². The van der Waals surface area contributed by atoms with Crippen LogP contribution in [0.2, 0.25) is 0 Å². The molecular weight excluding hydrogens is 96.0 g/mol. The van der Waals surface area contributed by atoms with Crippen LogP contribution in [-0.2, 0) is 9.59 Å². The van der Waals surface area contributed by atoms with Crippen molar-refractivity contribution in [2.24, 2.45) is 0 Å². The van der Waals surface area contributed by atoms with Crippen LogP contribution in [0.3, 0.4) is 0 Å². The first-order chi connectivity index (χ1) is 3.27. The van der Waals surface area contributed by atoms with Crippen molar-refractivity contribution in [1.29, 1.82) is 0 Å². The molecule has 0 spiro atoms. The number of rotatable bonds is 1. The summed E-state index contributed by atoms with van der Waals surface area (Å²) in [4.78, 5) is 17.4. The zero-order valence-electron chi connectivity index (χ0n) is 4.18. The lowest BCUT2D eigenvalue weighted by Crippen LogP contribution is -1.86. The lowest BCUT2D eigenvalue weighted by Gasteiger charge is -1.71. The molecule has 0 aliphatic rings. The van der Waals surface area contributed by atoms with Gasteiger partial charge in [-0.25, -0.2) is 0 Å². The molecule has 42 valence electrons. The average molecular weight is 104 g/mol. The molecule has 0 saturated carbocycles. The molecule has 0 amide bonds. The summed E-state index contributed by atoms with van der Waals surface area (Å²) >= 11 is 0.